The fourth-order valence-electron chi connectivity index (χ4n) is 4.29. The molecule has 0 unspecified atom stereocenters. The number of ether oxygens (including phenoxy) is 2. The summed E-state index contributed by atoms with van der Waals surface area (Å²) in [5.41, 5.74) is 6.75. The van der Waals surface area contributed by atoms with Gasteiger partial charge in [0.1, 0.15) is 0 Å². The maximum Gasteiger partial charge on any atom is 0.410 e. The monoisotopic (exact) mass is 425 g/mol. The van der Waals surface area contributed by atoms with Gasteiger partial charge in [-0.2, -0.15) is 0 Å². The van der Waals surface area contributed by atoms with Crippen LogP contribution in [-0.2, 0) is 27.4 Å². The van der Waals surface area contributed by atoms with Crippen LogP contribution in [0.4, 0.5) is 4.79 Å². The smallest absolute Gasteiger partial charge is 0.410 e. The molecular formula is C25H31NO5. The van der Waals surface area contributed by atoms with Crippen LogP contribution < -0.4 is 0 Å². The molecule has 0 fully saturated rings. The van der Waals surface area contributed by atoms with Gasteiger partial charge in [-0.1, -0.05) is 29.8 Å². The van der Waals surface area contributed by atoms with Gasteiger partial charge in [0.15, 0.2) is 6.10 Å². The van der Waals surface area contributed by atoms with Gasteiger partial charge >= 0.3 is 12.1 Å². The number of hydrogen-bond donors (Lipinski definition) is 1. The number of fused-ring (bicyclic) bond motifs is 1. The normalized spacial score (nSPS) is 14.4. The van der Waals surface area contributed by atoms with Crippen LogP contribution in [-0.4, -0.2) is 34.8 Å². The van der Waals surface area contributed by atoms with E-state index in [-0.39, 0.29) is 0 Å². The molecule has 0 saturated heterocycles. The number of amides is 1. The van der Waals surface area contributed by atoms with Crippen molar-refractivity contribution in [2.24, 2.45) is 0 Å². The maximum absolute atomic E-state index is 12.4. The summed E-state index contributed by atoms with van der Waals surface area (Å²) in [7, 11) is 1.37. The summed E-state index contributed by atoms with van der Waals surface area (Å²) in [5, 5.41) is 10.1. The zero-order valence-corrected chi connectivity index (χ0v) is 19.3. The Kier molecular flexibility index (Phi) is 6.14. The van der Waals surface area contributed by atoms with E-state index in [9.17, 15) is 14.7 Å². The Balaban J connectivity index is 2.30. The van der Waals surface area contributed by atoms with E-state index >= 15 is 0 Å². The number of methoxy groups -OCH3 is 1. The molecule has 0 saturated carbocycles. The minimum absolute atomic E-state index is 0.387. The topological polar surface area (TPSA) is 76.1 Å². The van der Waals surface area contributed by atoms with Crippen LogP contribution in [0.2, 0.25) is 0 Å². The van der Waals surface area contributed by atoms with Crippen molar-refractivity contribution in [3.05, 3.63) is 57.6 Å². The first kappa shape index (κ1) is 22.8. The van der Waals surface area contributed by atoms with E-state index in [4.69, 9.17) is 9.47 Å². The van der Waals surface area contributed by atoms with Crippen molar-refractivity contribution in [3.8, 4) is 11.1 Å². The fourth-order valence-corrected chi connectivity index (χ4v) is 4.29. The number of carboxylic acids is 1. The highest BCUT2D eigenvalue weighted by Gasteiger charge is 2.36. The van der Waals surface area contributed by atoms with Crippen LogP contribution in [0, 0.1) is 20.8 Å². The first-order valence-electron chi connectivity index (χ1n) is 10.4. The molecule has 1 amide bonds. The minimum atomic E-state index is -1.13. The SMILES string of the molecule is COC(=O)N1Cc2c(C)c(-c3ccc(C)cc3)c([C@H](OC(C)(C)C)C(=O)O)c(C)c2C1. The third-order valence-corrected chi connectivity index (χ3v) is 5.75. The lowest BCUT2D eigenvalue weighted by Gasteiger charge is -2.29. The summed E-state index contributed by atoms with van der Waals surface area (Å²) < 4.78 is 11.0. The lowest BCUT2D eigenvalue weighted by atomic mass is 9.83. The van der Waals surface area contributed by atoms with E-state index in [1.165, 1.54) is 7.11 Å². The largest absolute Gasteiger partial charge is 0.479 e. The number of carbonyl (C=O) groups excluding carboxylic acids is 1. The standard InChI is InChI=1S/C25H31NO5/c1-14-8-10-17(11-9-14)20-15(2)18-12-26(24(29)30-7)13-19(18)16(3)21(20)22(23(27)28)31-25(4,5)6/h8-11,22H,12-13H2,1-7H3,(H,27,28)/t22-/m0/s1. The van der Waals surface area contributed by atoms with E-state index < -0.39 is 23.8 Å². The lowest BCUT2D eigenvalue weighted by Crippen LogP contribution is -2.28. The van der Waals surface area contributed by atoms with E-state index in [2.05, 4.69) is 0 Å². The van der Waals surface area contributed by atoms with Crippen LogP contribution >= 0.6 is 0 Å². The molecular weight excluding hydrogens is 394 g/mol. The van der Waals surface area contributed by atoms with E-state index in [0.717, 1.165) is 38.9 Å². The van der Waals surface area contributed by atoms with Crippen molar-refractivity contribution in [1.29, 1.82) is 0 Å². The zero-order valence-electron chi connectivity index (χ0n) is 19.3. The number of nitrogens with zero attached hydrogens (tertiary/aromatic N) is 1. The molecule has 6 nitrogen and oxygen atoms in total. The highest BCUT2D eigenvalue weighted by atomic mass is 16.5. The molecule has 1 aliphatic rings. The van der Waals surface area contributed by atoms with Crippen LogP contribution in [0.3, 0.4) is 0 Å². The van der Waals surface area contributed by atoms with Gasteiger partial charge in [0.25, 0.3) is 0 Å². The van der Waals surface area contributed by atoms with Gasteiger partial charge in [-0.15, -0.1) is 0 Å². The second-order valence-electron chi connectivity index (χ2n) is 9.14. The molecule has 6 heteroatoms. The first-order chi connectivity index (χ1) is 14.4. The zero-order chi connectivity index (χ0) is 23.1. The average Bonchev–Trinajstić information content (AvgIpc) is 3.14. The Labute approximate surface area is 183 Å². The average molecular weight is 426 g/mol. The minimum Gasteiger partial charge on any atom is -0.479 e. The Morgan fingerprint density at radius 3 is 2.03 bits per heavy atom. The number of hydrogen-bond acceptors (Lipinski definition) is 4. The lowest BCUT2D eigenvalue weighted by molar-refractivity contribution is -0.160. The van der Waals surface area contributed by atoms with E-state index in [0.29, 0.717) is 18.7 Å². The second-order valence-corrected chi connectivity index (χ2v) is 9.14. The predicted molar refractivity (Wildman–Crippen MR) is 119 cm³/mol. The van der Waals surface area contributed by atoms with Crippen molar-refractivity contribution in [2.45, 2.75) is 66.3 Å². The maximum atomic E-state index is 12.4. The van der Waals surface area contributed by atoms with Gasteiger partial charge in [-0.25, -0.2) is 9.59 Å². The van der Waals surface area contributed by atoms with Gasteiger partial charge in [0.2, 0.25) is 0 Å². The van der Waals surface area contributed by atoms with Crippen LogP contribution in [0.5, 0.6) is 0 Å². The van der Waals surface area contributed by atoms with E-state index in [1.54, 1.807) is 4.90 Å². The second kappa shape index (κ2) is 8.35. The molecule has 0 spiro atoms. The molecule has 3 rings (SSSR count). The summed E-state index contributed by atoms with van der Waals surface area (Å²) in [5.74, 6) is -1.03. The Hall–Kier alpha value is -2.86. The molecule has 0 aliphatic carbocycles. The van der Waals surface area contributed by atoms with Crippen LogP contribution in [0.1, 0.15) is 60.3 Å². The fraction of sp³-hybridized carbons (Fsp3) is 0.440. The Bertz CT molecular complexity index is 1020. The van der Waals surface area contributed by atoms with Gasteiger partial charge in [0, 0.05) is 18.7 Å². The number of benzene rings is 2. The Morgan fingerprint density at radius 2 is 1.55 bits per heavy atom. The van der Waals surface area contributed by atoms with Crippen LogP contribution in [0.25, 0.3) is 11.1 Å². The summed E-state index contributed by atoms with van der Waals surface area (Å²) in [6.45, 7) is 12.3. The summed E-state index contributed by atoms with van der Waals surface area (Å²) >= 11 is 0. The molecule has 1 heterocycles. The molecule has 2 aromatic rings. The molecule has 1 N–H and O–H groups in total. The number of carbonyl (C=O) groups is 2. The van der Waals surface area contributed by atoms with Crippen molar-refractivity contribution >= 4 is 12.1 Å². The van der Waals surface area contributed by atoms with Crippen molar-refractivity contribution < 1.29 is 24.2 Å². The summed E-state index contributed by atoms with van der Waals surface area (Å²) in [4.78, 5) is 26.2. The summed E-state index contributed by atoms with van der Waals surface area (Å²) in [6.07, 6.45) is -1.53. The number of rotatable bonds is 4. The van der Waals surface area contributed by atoms with Crippen molar-refractivity contribution in [1.82, 2.24) is 4.90 Å². The molecule has 2 aromatic carbocycles. The van der Waals surface area contributed by atoms with E-state index in [1.807, 2.05) is 65.8 Å². The molecule has 31 heavy (non-hydrogen) atoms. The molecule has 166 valence electrons. The third kappa shape index (κ3) is 4.44. The third-order valence-electron chi connectivity index (χ3n) is 5.75. The molecule has 1 aliphatic heterocycles. The first-order valence-corrected chi connectivity index (χ1v) is 10.4. The van der Waals surface area contributed by atoms with Gasteiger partial charge in [-0.3, -0.25) is 4.90 Å². The van der Waals surface area contributed by atoms with Gasteiger partial charge in [0.05, 0.1) is 12.7 Å². The summed E-state index contributed by atoms with van der Waals surface area (Å²) in [6, 6.07) is 8.05. The van der Waals surface area contributed by atoms with Gasteiger partial charge in [-0.05, 0) is 74.9 Å². The van der Waals surface area contributed by atoms with Crippen molar-refractivity contribution in [2.75, 3.05) is 7.11 Å². The molecule has 1 atom stereocenters. The quantitative estimate of drug-likeness (QED) is 0.719. The number of carboxylic acid groups (broad SMARTS) is 1. The predicted octanol–water partition coefficient (Wildman–Crippen LogP) is 5.30. The highest BCUT2D eigenvalue weighted by Crippen LogP contribution is 2.43. The van der Waals surface area contributed by atoms with Gasteiger partial charge < -0.3 is 14.6 Å². The highest BCUT2D eigenvalue weighted by molar-refractivity contribution is 5.84. The number of aliphatic carboxylic acids is 1. The number of aryl methyl sites for hydroxylation is 1. The van der Waals surface area contributed by atoms with Crippen LogP contribution in [0.15, 0.2) is 24.3 Å². The molecule has 0 aromatic heterocycles. The van der Waals surface area contributed by atoms with Crippen molar-refractivity contribution in [3.63, 3.8) is 0 Å². The Morgan fingerprint density at radius 1 is 1.00 bits per heavy atom. The molecule has 0 radical (unpaired) electrons. The molecule has 0 bridgehead atoms.